The number of hydrogen-bond donors (Lipinski definition) is 2. The Kier molecular flexibility index (Phi) is 6.56. The van der Waals surface area contributed by atoms with E-state index in [1.54, 1.807) is 24.3 Å². The van der Waals surface area contributed by atoms with Crippen LogP contribution in [-0.4, -0.2) is 32.0 Å². The quantitative estimate of drug-likeness (QED) is 0.529. The van der Waals surface area contributed by atoms with Crippen LogP contribution >= 0.6 is 23.1 Å². The molecule has 3 amide bonds. The summed E-state index contributed by atoms with van der Waals surface area (Å²) in [5, 5.41) is 10.9. The number of nitrogens with two attached hydrogens (primary N) is 1. The summed E-state index contributed by atoms with van der Waals surface area (Å²) >= 11 is 3.02. The molecule has 1 aliphatic carbocycles. The fourth-order valence-corrected chi connectivity index (χ4v) is 5.40. The molecule has 0 unspecified atom stereocenters. The van der Waals surface area contributed by atoms with Crippen molar-refractivity contribution in [1.82, 2.24) is 20.1 Å². The fourth-order valence-electron chi connectivity index (χ4n) is 3.34. The standard InChI is InChI=1S/C19H25N5O2S2/c1-4-8-24-16(15-10-13-9-12(5-2)6-7-14(13)28-15)22-23-19(24)27-11(3)17(25)21-18(20)26/h4,10-12H,1,5-9H2,2-3H3,(H3,20,21,25,26)/t11-,12-/m0/s1. The number of thioether (sulfide) groups is 1. The molecule has 9 heteroatoms. The van der Waals surface area contributed by atoms with E-state index in [9.17, 15) is 9.59 Å². The van der Waals surface area contributed by atoms with E-state index >= 15 is 0 Å². The molecule has 0 spiro atoms. The zero-order valence-electron chi connectivity index (χ0n) is 16.1. The number of aromatic nitrogens is 3. The molecule has 0 fully saturated rings. The number of carbonyl (C=O) groups is 2. The highest BCUT2D eigenvalue weighted by Gasteiger charge is 2.25. The molecule has 0 saturated carbocycles. The maximum absolute atomic E-state index is 12.0. The number of aryl methyl sites for hydroxylation is 1. The SMILES string of the molecule is C=CCn1c(S[C@@H](C)C(=O)NC(N)=O)nnc1-c1cc2c(s1)CC[C@H](CC)C2. The van der Waals surface area contributed by atoms with Gasteiger partial charge in [-0.15, -0.1) is 28.1 Å². The highest BCUT2D eigenvalue weighted by molar-refractivity contribution is 8.00. The molecule has 0 aliphatic heterocycles. The minimum atomic E-state index is -0.861. The van der Waals surface area contributed by atoms with Crippen LogP contribution in [0.1, 0.15) is 37.1 Å². The molecular formula is C19H25N5O2S2. The van der Waals surface area contributed by atoms with Crippen molar-refractivity contribution in [1.29, 1.82) is 0 Å². The number of rotatable bonds is 7. The molecule has 0 radical (unpaired) electrons. The maximum atomic E-state index is 12.0. The minimum Gasteiger partial charge on any atom is -0.351 e. The Balaban J connectivity index is 1.85. The number of nitrogens with zero attached hydrogens (tertiary/aromatic N) is 3. The first-order chi connectivity index (χ1) is 13.4. The molecule has 7 nitrogen and oxygen atoms in total. The fraction of sp³-hybridized carbons (Fsp3) is 0.474. The normalized spacial score (nSPS) is 17.0. The van der Waals surface area contributed by atoms with Crippen LogP contribution in [0.2, 0.25) is 0 Å². The Morgan fingerprint density at radius 2 is 2.32 bits per heavy atom. The monoisotopic (exact) mass is 419 g/mol. The lowest BCUT2D eigenvalue weighted by atomic mass is 9.87. The van der Waals surface area contributed by atoms with Gasteiger partial charge in [0.15, 0.2) is 11.0 Å². The first kappa shape index (κ1) is 20.6. The molecular weight excluding hydrogens is 394 g/mol. The van der Waals surface area contributed by atoms with Crippen LogP contribution in [0.3, 0.4) is 0 Å². The van der Waals surface area contributed by atoms with Crippen molar-refractivity contribution in [2.45, 2.75) is 56.5 Å². The van der Waals surface area contributed by atoms with E-state index in [1.807, 2.05) is 4.57 Å². The van der Waals surface area contributed by atoms with Crippen LogP contribution in [0.15, 0.2) is 23.9 Å². The Morgan fingerprint density at radius 1 is 1.54 bits per heavy atom. The number of imide groups is 1. The average Bonchev–Trinajstić information content (AvgIpc) is 3.24. The van der Waals surface area contributed by atoms with Gasteiger partial charge >= 0.3 is 6.03 Å². The molecule has 150 valence electrons. The van der Waals surface area contributed by atoms with Crippen molar-refractivity contribution in [2.75, 3.05) is 0 Å². The van der Waals surface area contributed by atoms with Gasteiger partial charge in [0.1, 0.15) is 0 Å². The van der Waals surface area contributed by atoms with Crippen molar-refractivity contribution >= 4 is 35.0 Å². The topological polar surface area (TPSA) is 103 Å². The number of hydrogen-bond acceptors (Lipinski definition) is 6. The molecule has 2 aromatic rings. The summed E-state index contributed by atoms with van der Waals surface area (Å²) in [6, 6.07) is 1.38. The summed E-state index contributed by atoms with van der Waals surface area (Å²) in [6.07, 6.45) is 6.50. The van der Waals surface area contributed by atoms with Gasteiger partial charge < -0.3 is 5.73 Å². The summed E-state index contributed by atoms with van der Waals surface area (Å²) in [6.45, 7) is 8.32. The van der Waals surface area contributed by atoms with Crippen molar-refractivity contribution in [3.63, 3.8) is 0 Å². The largest absolute Gasteiger partial charge is 0.351 e. The van der Waals surface area contributed by atoms with E-state index in [-0.39, 0.29) is 0 Å². The summed E-state index contributed by atoms with van der Waals surface area (Å²) in [7, 11) is 0. The Hall–Kier alpha value is -2.13. The van der Waals surface area contributed by atoms with Gasteiger partial charge in [-0.2, -0.15) is 0 Å². The van der Waals surface area contributed by atoms with Crippen molar-refractivity contribution < 1.29 is 9.59 Å². The summed E-state index contributed by atoms with van der Waals surface area (Å²) in [5.41, 5.74) is 6.45. The third-order valence-electron chi connectivity index (χ3n) is 4.91. The number of amides is 3. The summed E-state index contributed by atoms with van der Waals surface area (Å²) < 4.78 is 1.96. The third-order valence-corrected chi connectivity index (χ3v) is 7.22. The zero-order valence-corrected chi connectivity index (χ0v) is 17.7. The average molecular weight is 420 g/mol. The Labute approximate surface area is 172 Å². The predicted octanol–water partition coefficient (Wildman–Crippen LogP) is 3.38. The zero-order chi connectivity index (χ0) is 20.3. The van der Waals surface area contributed by atoms with Gasteiger partial charge in [0, 0.05) is 11.4 Å². The molecule has 1 aliphatic rings. The molecule has 0 aromatic carbocycles. The maximum Gasteiger partial charge on any atom is 0.318 e. The van der Waals surface area contributed by atoms with Crippen LogP contribution in [0, 0.1) is 5.92 Å². The Morgan fingerprint density at radius 3 is 3.00 bits per heavy atom. The number of fused-ring (bicyclic) bond motifs is 1. The number of carbonyl (C=O) groups excluding carboxylic acids is 2. The van der Waals surface area contributed by atoms with Crippen LogP contribution in [-0.2, 0) is 24.2 Å². The molecule has 0 bridgehead atoms. The number of primary amides is 1. The second-order valence-corrected chi connectivity index (χ2v) is 9.34. The molecule has 3 N–H and O–H groups in total. The smallest absolute Gasteiger partial charge is 0.318 e. The highest BCUT2D eigenvalue weighted by Crippen LogP contribution is 2.38. The number of thiophene rings is 1. The number of nitrogens with one attached hydrogen (secondary N) is 1. The molecule has 0 saturated heterocycles. The molecule has 2 atom stereocenters. The van der Waals surface area contributed by atoms with Crippen molar-refractivity contribution in [2.24, 2.45) is 11.7 Å². The van der Waals surface area contributed by atoms with Gasteiger partial charge in [-0.3, -0.25) is 14.7 Å². The van der Waals surface area contributed by atoms with E-state index in [4.69, 9.17) is 5.73 Å². The van der Waals surface area contributed by atoms with Crippen LogP contribution in [0.5, 0.6) is 0 Å². The first-order valence-corrected chi connectivity index (χ1v) is 11.1. The van der Waals surface area contributed by atoms with Gasteiger partial charge in [-0.25, -0.2) is 4.79 Å². The first-order valence-electron chi connectivity index (χ1n) is 9.35. The Bertz CT molecular complexity index is 889. The van der Waals surface area contributed by atoms with Crippen LogP contribution < -0.4 is 11.1 Å². The number of allylic oxidation sites excluding steroid dienone is 1. The lowest BCUT2D eigenvalue weighted by Gasteiger charge is -2.19. The lowest BCUT2D eigenvalue weighted by Crippen LogP contribution is -2.39. The van der Waals surface area contributed by atoms with Crippen molar-refractivity contribution in [3.8, 4) is 10.7 Å². The summed E-state index contributed by atoms with van der Waals surface area (Å²) in [4.78, 5) is 25.4. The van der Waals surface area contributed by atoms with E-state index in [0.717, 1.165) is 29.5 Å². The predicted molar refractivity (Wildman–Crippen MR) is 112 cm³/mol. The molecule has 3 rings (SSSR count). The number of urea groups is 1. The van der Waals surface area contributed by atoms with Crippen LogP contribution in [0.4, 0.5) is 4.79 Å². The van der Waals surface area contributed by atoms with Crippen molar-refractivity contribution in [3.05, 3.63) is 29.2 Å². The second kappa shape index (κ2) is 8.91. The third kappa shape index (κ3) is 4.47. The second-order valence-electron chi connectivity index (χ2n) is 6.90. The van der Waals surface area contributed by atoms with Gasteiger partial charge in [0.25, 0.3) is 0 Å². The molecule has 2 heterocycles. The summed E-state index contributed by atoms with van der Waals surface area (Å²) in [5.74, 6) is 1.10. The van der Waals surface area contributed by atoms with Crippen LogP contribution in [0.25, 0.3) is 10.7 Å². The minimum absolute atomic E-state index is 0.454. The van der Waals surface area contributed by atoms with Gasteiger partial charge in [0.05, 0.1) is 10.1 Å². The van der Waals surface area contributed by atoms with E-state index in [0.29, 0.717) is 11.7 Å². The van der Waals surface area contributed by atoms with E-state index < -0.39 is 17.2 Å². The highest BCUT2D eigenvalue weighted by atomic mass is 32.2. The van der Waals surface area contributed by atoms with Gasteiger partial charge in [0.2, 0.25) is 5.91 Å². The van der Waals surface area contributed by atoms with E-state index in [2.05, 4.69) is 35.1 Å². The van der Waals surface area contributed by atoms with Gasteiger partial charge in [-0.05, 0) is 43.7 Å². The molecule has 28 heavy (non-hydrogen) atoms. The van der Waals surface area contributed by atoms with E-state index in [1.165, 1.54) is 35.0 Å². The van der Waals surface area contributed by atoms with Gasteiger partial charge in [-0.1, -0.05) is 31.2 Å². The lowest BCUT2D eigenvalue weighted by molar-refractivity contribution is -0.119. The molecule has 2 aromatic heterocycles.